The van der Waals surface area contributed by atoms with Crippen molar-refractivity contribution in [1.29, 1.82) is 0 Å². The van der Waals surface area contributed by atoms with Gasteiger partial charge >= 0.3 is 0 Å². The fraction of sp³-hybridized carbons (Fsp3) is 0.200. The molecule has 3 aromatic rings. The summed E-state index contributed by atoms with van der Waals surface area (Å²) < 4.78 is 16.5. The van der Waals surface area contributed by atoms with Crippen molar-refractivity contribution in [2.45, 2.75) is 0 Å². The van der Waals surface area contributed by atoms with Crippen molar-refractivity contribution < 1.29 is 13.9 Å². The maximum absolute atomic E-state index is 5.84. The molecule has 3 rings (SSSR count). The quantitative estimate of drug-likeness (QED) is 0.682. The van der Waals surface area contributed by atoms with E-state index in [1.54, 1.807) is 14.2 Å². The van der Waals surface area contributed by atoms with Crippen LogP contribution in [0.1, 0.15) is 11.3 Å². The molecule has 0 fully saturated rings. The minimum Gasteiger partial charge on any atom is -0.497 e. The Balaban J connectivity index is 1.87. The van der Waals surface area contributed by atoms with E-state index in [1.807, 2.05) is 67.5 Å². The van der Waals surface area contributed by atoms with Crippen LogP contribution in [0.4, 0.5) is 5.69 Å². The standard InChI is InChI=1S/C20H21NO3/c1-21(2)18-10-6-14(11-20(18)23-4)5-8-17-12-15-7-9-16(22-3)13-19(15)24-17/h5-13H,1-4H3. The van der Waals surface area contributed by atoms with Crippen LogP contribution in [-0.2, 0) is 0 Å². The van der Waals surface area contributed by atoms with E-state index in [4.69, 9.17) is 13.9 Å². The van der Waals surface area contributed by atoms with Crippen molar-refractivity contribution in [3.05, 3.63) is 53.8 Å². The van der Waals surface area contributed by atoms with Crippen LogP contribution in [0.5, 0.6) is 11.5 Å². The third-order valence-corrected chi connectivity index (χ3v) is 3.87. The Kier molecular flexibility index (Phi) is 4.47. The van der Waals surface area contributed by atoms with E-state index in [0.717, 1.165) is 39.5 Å². The minimum absolute atomic E-state index is 0.788. The Hall–Kier alpha value is -2.88. The lowest BCUT2D eigenvalue weighted by Crippen LogP contribution is -2.09. The number of anilines is 1. The Morgan fingerprint density at radius 2 is 1.75 bits per heavy atom. The monoisotopic (exact) mass is 323 g/mol. The first-order valence-electron chi connectivity index (χ1n) is 7.72. The molecule has 0 aliphatic heterocycles. The van der Waals surface area contributed by atoms with E-state index >= 15 is 0 Å². The number of methoxy groups -OCH3 is 2. The fourth-order valence-corrected chi connectivity index (χ4v) is 2.59. The smallest absolute Gasteiger partial charge is 0.142 e. The summed E-state index contributed by atoms with van der Waals surface area (Å²) in [5.41, 5.74) is 2.91. The van der Waals surface area contributed by atoms with Gasteiger partial charge in [0.15, 0.2) is 0 Å². The molecule has 4 nitrogen and oxygen atoms in total. The molecule has 124 valence electrons. The van der Waals surface area contributed by atoms with Crippen molar-refractivity contribution in [2.24, 2.45) is 0 Å². The molecular weight excluding hydrogens is 302 g/mol. The van der Waals surface area contributed by atoms with Gasteiger partial charge in [-0.3, -0.25) is 0 Å². The summed E-state index contributed by atoms with van der Waals surface area (Å²) in [6, 6.07) is 13.9. The van der Waals surface area contributed by atoms with Gasteiger partial charge in [0.25, 0.3) is 0 Å². The second kappa shape index (κ2) is 6.71. The number of furan rings is 1. The Bertz CT molecular complexity index is 878. The summed E-state index contributed by atoms with van der Waals surface area (Å²) >= 11 is 0. The number of fused-ring (bicyclic) bond motifs is 1. The van der Waals surface area contributed by atoms with E-state index in [1.165, 1.54) is 0 Å². The molecule has 0 amide bonds. The maximum atomic E-state index is 5.84. The summed E-state index contributed by atoms with van der Waals surface area (Å²) in [6.07, 6.45) is 3.97. The van der Waals surface area contributed by atoms with Crippen LogP contribution in [0, 0.1) is 0 Å². The molecule has 0 atom stereocenters. The Labute approximate surface area is 141 Å². The van der Waals surface area contributed by atoms with Crippen LogP contribution < -0.4 is 14.4 Å². The third-order valence-electron chi connectivity index (χ3n) is 3.87. The van der Waals surface area contributed by atoms with E-state index in [-0.39, 0.29) is 0 Å². The van der Waals surface area contributed by atoms with Gasteiger partial charge in [0.05, 0.1) is 19.9 Å². The van der Waals surface area contributed by atoms with E-state index in [2.05, 4.69) is 6.07 Å². The molecule has 0 saturated carbocycles. The Morgan fingerprint density at radius 3 is 2.46 bits per heavy atom. The average Bonchev–Trinajstić information content (AvgIpc) is 3.01. The summed E-state index contributed by atoms with van der Waals surface area (Å²) in [5, 5.41) is 1.05. The molecule has 0 N–H and O–H groups in total. The van der Waals surface area contributed by atoms with Crippen LogP contribution in [0.15, 0.2) is 46.9 Å². The van der Waals surface area contributed by atoms with Crippen molar-refractivity contribution in [2.75, 3.05) is 33.2 Å². The third kappa shape index (κ3) is 3.23. The van der Waals surface area contributed by atoms with Crippen molar-refractivity contribution >= 4 is 28.8 Å². The molecule has 0 aliphatic carbocycles. The topological polar surface area (TPSA) is 34.8 Å². The first-order chi connectivity index (χ1) is 11.6. The fourth-order valence-electron chi connectivity index (χ4n) is 2.59. The highest BCUT2D eigenvalue weighted by atomic mass is 16.5. The van der Waals surface area contributed by atoms with Gasteiger partial charge in [-0.15, -0.1) is 0 Å². The maximum Gasteiger partial charge on any atom is 0.142 e. The normalized spacial score (nSPS) is 11.2. The molecule has 0 saturated heterocycles. The molecular formula is C20H21NO3. The largest absolute Gasteiger partial charge is 0.497 e. The van der Waals surface area contributed by atoms with Gasteiger partial charge in [0, 0.05) is 25.5 Å². The predicted molar refractivity (Wildman–Crippen MR) is 99.0 cm³/mol. The summed E-state index contributed by atoms with van der Waals surface area (Å²) in [7, 11) is 7.32. The van der Waals surface area contributed by atoms with Gasteiger partial charge in [-0.25, -0.2) is 0 Å². The summed E-state index contributed by atoms with van der Waals surface area (Å²) in [6.45, 7) is 0. The number of rotatable bonds is 5. The zero-order valence-corrected chi connectivity index (χ0v) is 14.4. The van der Waals surface area contributed by atoms with E-state index in [9.17, 15) is 0 Å². The molecule has 0 unspecified atom stereocenters. The number of nitrogens with zero attached hydrogens (tertiary/aromatic N) is 1. The second-order valence-electron chi connectivity index (χ2n) is 5.71. The van der Waals surface area contributed by atoms with Gasteiger partial charge in [0.2, 0.25) is 0 Å². The summed E-state index contributed by atoms with van der Waals surface area (Å²) in [5.74, 6) is 2.43. The highest BCUT2D eigenvalue weighted by molar-refractivity contribution is 5.83. The molecule has 2 aromatic carbocycles. The van der Waals surface area contributed by atoms with Crippen molar-refractivity contribution in [1.82, 2.24) is 0 Å². The lowest BCUT2D eigenvalue weighted by molar-refractivity contribution is 0.414. The number of benzene rings is 2. The molecule has 0 bridgehead atoms. The first kappa shape index (κ1) is 16.0. The van der Waals surface area contributed by atoms with Crippen molar-refractivity contribution in [3.63, 3.8) is 0 Å². The Morgan fingerprint density at radius 1 is 0.917 bits per heavy atom. The predicted octanol–water partition coefficient (Wildman–Crippen LogP) is 4.69. The lowest BCUT2D eigenvalue weighted by Gasteiger charge is -2.16. The minimum atomic E-state index is 0.788. The highest BCUT2D eigenvalue weighted by Crippen LogP contribution is 2.29. The van der Waals surface area contributed by atoms with Gasteiger partial charge in [-0.05, 0) is 42.0 Å². The molecule has 0 radical (unpaired) electrons. The molecule has 0 aliphatic rings. The van der Waals surface area contributed by atoms with Gasteiger partial charge in [0.1, 0.15) is 22.8 Å². The summed E-state index contributed by atoms with van der Waals surface area (Å²) in [4.78, 5) is 2.03. The van der Waals surface area contributed by atoms with Gasteiger partial charge in [-0.1, -0.05) is 12.1 Å². The zero-order valence-electron chi connectivity index (χ0n) is 14.4. The number of hydrogen-bond acceptors (Lipinski definition) is 4. The number of ether oxygens (including phenoxy) is 2. The average molecular weight is 323 g/mol. The van der Waals surface area contributed by atoms with Crippen LogP contribution in [0.3, 0.4) is 0 Å². The van der Waals surface area contributed by atoms with Gasteiger partial charge in [-0.2, -0.15) is 0 Å². The van der Waals surface area contributed by atoms with Gasteiger partial charge < -0.3 is 18.8 Å². The van der Waals surface area contributed by atoms with E-state index in [0.29, 0.717) is 0 Å². The second-order valence-corrected chi connectivity index (χ2v) is 5.71. The zero-order chi connectivity index (χ0) is 17.1. The van der Waals surface area contributed by atoms with Crippen LogP contribution in [-0.4, -0.2) is 28.3 Å². The molecule has 4 heteroatoms. The van der Waals surface area contributed by atoms with Crippen LogP contribution in [0.25, 0.3) is 23.1 Å². The SMILES string of the molecule is COc1ccc2cc(C=Cc3ccc(N(C)C)c(OC)c3)oc2c1. The molecule has 24 heavy (non-hydrogen) atoms. The van der Waals surface area contributed by atoms with E-state index < -0.39 is 0 Å². The highest BCUT2D eigenvalue weighted by Gasteiger charge is 2.06. The molecule has 1 aromatic heterocycles. The van der Waals surface area contributed by atoms with Crippen molar-refractivity contribution in [3.8, 4) is 11.5 Å². The lowest BCUT2D eigenvalue weighted by atomic mass is 10.1. The number of hydrogen-bond donors (Lipinski definition) is 0. The molecule has 0 spiro atoms. The molecule has 1 heterocycles. The van der Waals surface area contributed by atoms with Crippen LogP contribution >= 0.6 is 0 Å². The first-order valence-corrected chi connectivity index (χ1v) is 7.72. The van der Waals surface area contributed by atoms with Crippen LogP contribution in [0.2, 0.25) is 0 Å².